The molecular weight excluding hydrogens is 240 g/mol. The maximum Gasteiger partial charge on any atom is 0.302 e. The lowest BCUT2D eigenvalue weighted by Gasteiger charge is -2.21. The van der Waals surface area contributed by atoms with Crippen LogP contribution < -0.4 is 0 Å². The molecule has 0 saturated heterocycles. The first-order valence-corrected chi connectivity index (χ1v) is 4.95. The predicted molar refractivity (Wildman–Crippen MR) is 57.3 cm³/mol. The summed E-state index contributed by atoms with van der Waals surface area (Å²) < 4.78 is 0. The minimum atomic E-state index is -1.61. The molecule has 3 aliphatic rings. The van der Waals surface area contributed by atoms with Crippen molar-refractivity contribution in [2.45, 2.75) is 6.04 Å². The average Bonchev–Trinajstić information content (AvgIpc) is 2.77. The number of hydrogen-bond donors (Lipinski definition) is 0. The highest BCUT2D eigenvalue weighted by Gasteiger charge is 2.48. The number of hydrogen-bond acceptors (Lipinski definition) is 7. The van der Waals surface area contributed by atoms with Crippen LogP contribution in [0.3, 0.4) is 0 Å². The molecule has 2 aliphatic carbocycles. The first-order valence-electron chi connectivity index (χ1n) is 4.95. The largest absolute Gasteiger partial charge is 0.302 e. The Kier molecular flexibility index (Phi) is 1.94. The van der Waals surface area contributed by atoms with Crippen LogP contribution in [-0.2, 0) is 9.59 Å². The molecule has 0 bridgehead atoms. The first-order chi connectivity index (χ1) is 8.61. The van der Waals surface area contributed by atoms with Gasteiger partial charge in [0.25, 0.3) is 5.78 Å². The van der Waals surface area contributed by atoms with Gasteiger partial charge >= 0.3 is 6.04 Å². The van der Waals surface area contributed by atoms with Crippen molar-refractivity contribution in [1.29, 1.82) is 0 Å². The second kappa shape index (κ2) is 3.36. The summed E-state index contributed by atoms with van der Waals surface area (Å²) >= 11 is 0. The van der Waals surface area contributed by atoms with Crippen LogP contribution in [0.15, 0.2) is 50.5 Å². The smallest absolute Gasteiger partial charge is 0.289 e. The van der Waals surface area contributed by atoms with Gasteiger partial charge in [0.2, 0.25) is 0 Å². The molecule has 88 valence electrons. The van der Waals surface area contributed by atoms with Crippen molar-refractivity contribution < 1.29 is 14.5 Å². The Hall–Kier alpha value is -2.77. The van der Waals surface area contributed by atoms with Crippen LogP contribution in [-0.4, -0.2) is 28.2 Å². The fourth-order valence-corrected chi connectivity index (χ4v) is 2.05. The van der Waals surface area contributed by atoms with Gasteiger partial charge in [0.15, 0.2) is 11.5 Å². The van der Waals surface area contributed by atoms with Gasteiger partial charge in [-0.1, -0.05) is 12.2 Å². The summed E-state index contributed by atoms with van der Waals surface area (Å²) in [6, 6.07) is -1.61. The normalized spacial score (nSPS) is 24.8. The lowest BCUT2D eigenvalue weighted by atomic mass is 9.81. The molecule has 0 amide bonds. The Bertz CT molecular complexity index is 665. The number of rotatable bonds is 1. The molecule has 1 heterocycles. The van der Waals surface area contributed by atoms with E-state index in [9.17, 15) is 19.7 Å². The van der Waals surface area contributed by atoms with Gasteiger partial charge < -0.3 is 0 Å². The number of ketones is 2. The lowest BCUT2D eigenvalue weighted by Crippen LogP contribution is -2.42. The maximum absolute atomic E-state index is 11.9. The van der Waals surface area contributed by atoms with Crippen LogP contribution in [0.2, 0.25) is 0 Å². The van der Waals surface area contributed by atoms with Gasteiger partial charge in [-0.3, -0.25) is 19.7 Å². The van der Waals surface area contributed by atoms with Gasteiger partial charge in [-0.25, -0.2) is 0 Å². The zero-order valence-electron chi connectivity index (χ0n) is 8.73. The van der Waals surface area contributed by atoms with Crippen LogP contribution in [0.25, 0.3) is 0 Å². The summed E-state index contributed by atoms with van der Waals surface area (Å²) in [5, 5.41) is 21.3. The molecule has 0 fully saturated rings. The molecule has 0 radical (unpaired) electrons. The minimum absolute atomic E-state index is 0.0266. The fraction of sp³-hybridized carbons (Fsp3) is 0.100. The monoisotopic (exact) mass is 244 g/mol. The molecule has 0 N–H and O–H groups in total. The Morgan fingerprint density at radius 1 is 1.33 bits per heavy atom. The van der Waals surface area contributed by atoms with Crippen molar-refractivity contribution in [2.24, 2.45) is 15.4 Å². The molecule has 1 unspecified atom stereocenters. The van der Waals surface area contributed by atoms with Crippen molar-refractivity contribution in [3.05, 3.63) is 45.2 Å². The molecule has 1 atom stereocenters. The highest BCUT2D eigenvalue weighted by atomic mass is 16.6. The second-order valence-corrected chi connectivity index (χ2v) is 3.76. The summed E-state index contributed by atoms with van der Waals surface area (Å²) in [7, 11) is 0. The van der Waals surface area contributed by atoms with E-state index in [1.165, 1.54) is 18.2 Å². The van der Waals surface area contributed by atoms with Crippen molar-refractivity contribution in [2.75, 3.05) is 0 Å². The van der Waals surface area contributed by atoms with Gasteiger partial charge in [0.05, 0.1) is 5.57 Å². The van der Waals surface area contributed by atoms with E-state index < -0.39 is 22.5 Å². The molecule has 0 saturated carbocycles. The second-order valence-electron chi connectivity index (χ2n) is 3.76. The van der Waals surface area contributed by atoms with Crippen molar-refractivity contribution >= 4 is 17.3 Å². The van der Waals surface area contributed by atoms with Gasteiger partial charge in [0.1, 0.15) is 5.70 Å². The molecule has 0 spiro atoms. The molecule has 8 nitrogen and oxygen atoms in total. The summed E-state index contributed by atoms with van der Waals surface area (Å²) in [4.78, 5) is 33.9. The zero-order valence-corrected chi connectivity index (χ0v) is 8.73. The number of carbonyl (C=O) groups is 2. The Labute approximate surface area is 99.2 Å². The van der Waals surface area contributed by atoms with Crippen LogP contribution in [0, 0.1) is 10.1 Å². The highest BCUT2D eigenvalue weighted by molar-refractivity contribution is 6.51. The number of allylic oxidation sites excluding steroid dienone is 4. The Morgan fingerprint density at radius 3 is 2.83 bits per heavy atom. The molecular formula is C10H4N4O4. The molecule has 0 aromatic carbocycles. The first kappa shape index (κ1) is 10.4. The fourth-order valence-electron chi connectivity index (χ4n) is 2.05. The molecule has 0 aromatic heterocycles. The zero-order chi connectivity index (χ0) is 12.9. The van der Waals surface area contributed by atoms with Crippen LogP contribution in [0.1, 0.15) is 0 Å². The van der Waals surface area contributed by atoms with Crippen molar-refractivity contribution in [3.8, 4) is 0 Å². The summed E-state index contributed by atoms with van der Waals surface area (Å²) in [5.74, 6) is -1.23. The summed E-state index contributed by atoms with van der Waals surface area (Å²) in [5.41, 5.74) is -0.0997. The van der Waals surface area contributed by atoms with E-state index in [1.54, 1.807) is 0 Å². The molecule has 1 aliphatic heterocycles. The third-order valence-corrected chi connectivity index (χ3v) is 2.80. The number of fused-ring (bicyclic) bond motifs is 2. The third-order valence-electron chi connectivity index (χ3n) is 2.80. The van der Waals surface area contributed by atoms with Crippen LogP contribution in [0.4, 0.5) is 0 Å². The van der Waals surface area contributed by atoms with Crippen LogP contribution in [0.5, 0.6) is 0 Å². The van der Waals surface area contributed by atoms with Gasteiger partial charge in [-0.05, 0) is 11.3 Å². The number of Topliss-reactive ketones (excluding diaryl/α,β-unsaturated/α-hetero) is 1. The Balaban J connectivity index is 2.32. The van der Waals surface area contributed by atoms with E-state index >= 15 is 0 Å². The van der Waals surface area contributed by atoms with Gasteiger partial charge in [-0.2, -0.15) is 0 Å². The van der Waals surface area contributed by atoms with E-state index in [-0.39, 0.29) is 22.6 Å². The maximum atomic E-state index is 11.9. The van der Waals surface area contributed by atoms with Gasteiger partial charge in [-0.15, -0.1) is 10.2 Å². The number of carbonyl (C=O) groups excluding carboxylic acids is 2. The van der Waals surface area contributed by atoms with Crippen molar-refractivity contribution in [3.63, 3.8) is 0 Å². The quantitative estimate of drug-likeness (QED) is 0.489. The number of nitrogens with zero attached hydrogens (tertiary/aromatic N) is 4. The highest BCUT2D eigenvalue weighted by Crippen LogP contribution is 2.34. The van der Waals surface area contributed by atoms with Gasteiger partial charge in [0, 0.05) is 10.5 Å². The molecule has 3 rings (SSSR count). The van der Waals surface area contributed by atoms with Crippen molar-refractivity contribution in [1.82, 2.24) is 0 Å². The molecule has 8 heteroatoms. The average molecular weight is 244 g/mol. The van der Waals surface area contributed by atoms with E-state index in [0.717, 1.165) is 0 Å². The van der Waals surface area contributed by atoms with E-state index in [2.05, 4.69) is 15.4 Å². The third kappa shape index (κ3) is 1.16. The van der Waals surface area contributed by atoms with E-state index in [0.29, 0.717) is 0 Å². The lowest BCUT2D eigenvalue weighted by molar-refractivity contribution is -0.496. The SMILES string of the molecule is O=C1C=CC=C2C1=C1N=NN=C1C(=O)C2[N+](=O)[O-]. The van der Waals surface area contributed by atoms with Crippen LogP contribution >= 0.6 is 0 Å². The molecule has 18 heavy (non-hydrogen) atoms. The van der Waals surface area contributed by atoms with E-state index in [4.69, 9.17) is 0 Å². The summed E-state index contributed by atoms with van der Waals surface area (Å²) in [6.07, 6.45) is 4.00. The Morgan fingerprint density at radius 2 is 2.11 bits per heavy atom. The molecule has 0 aromatic rings. The topological polar surface area (TPSA) is 114 Å². The standard InChI is InChI=1S/C10H4N4O4/c15-5-3-1-2-4-6(5)7-8(12-13-11-7)10(16)9(4)14(17)18/h1-3,9H. The van der Waals surface area contributed by atoms with E-state index in [1.807, 2.05) is 0 Å². The predicted octanol–water partition coefficient (Wildman–Crippen LogP) is 0.356. The number of nitro groups is 1. The minimum Gasteiger partial charge on any atom is -0.289 e. The summed E-state index contributed by atoms with van der Waals surface area (Å²) in [6.45, 7) is 0.